The first-order chi connectivity index (χ1) is 29.1. The van der Waals surface area contributed by atoms with Gasteiger partial charge in [0, 0.05) is 29.5 Å². The maximum absolute atomic E-state index is 14.5. The summed E-state index contributed by atoms with van der Waals surface area (Å²) < 4.78 is 6.10. The lowest BCUT2D eigenvalue weighted by molar-refractivity contribution is 0.0715. The van der Waals surface area contributed by atoms with Crippen molar-refractivity contribution in [1.82, 2.24) is 4.90 Å². The van der Waals surface area contributed by atoms with Crippen molar-refractivity contribution in [3.8, 4) is 5.75 Å². The molecule has 0 aliphatic carbocycles. The summed E-state index contributed by atoms with van der Waals surface area (Å²) in [7, 11) is 0. The van der Waals surface area contributed by atoms with Gasteiger partial charge in [-0.05, 0) is 31.0 Å². The summed E-state index contributed by atoms with van der Waals surface area (Å²) in [5.41, 5.74) is 7.92. The van der Waals surface area contributed by atoms with E-state index >= 15 is 0 Å². The summed E-state index contributed by atoms with van der Waals surface area (Å²) in [6.07, 6.45) is 42.3. The monoisotopic (exact) mass is 811 g/mol. The molecular formula is C54H86N2O3. The molecule has 5 nitrogen and oxygen atoms in total. The number of nitrogen functional groups attached to an aromatic ring is 1. The number of anilines is 1. The van der Waals surface area contributed by atoms with Crippen molar-refractivity contribution in [1.29, 1.82) is 0 Å². The Kier molecular flexibility index (Phi) is 28.3. The van der Waals surface area contributed by atoms with Crippen LogP contribution >= 0.6 is 0 Å². The minimum absolute atomic E-state index is 0.0970. The smallest absolute Gasteiger partial charge is 0.343 e. The largest absolute Gasteiger partial charge is 0.421 e. The van der Waals surface area contributed by atoms with Gasteiger partial charge in [-0.3, -0.25) is 4.79 Å². The molecule has 0 saturated heterocycles. The van der Waals surface area contributed by atoms with Crippen LogP contribution in [0.5, 0.6) is 5.75 Å². The second-order valence-corrected chi connectivity index (χ2v) is 17.5. The van der Waals surface area contributed by atoms with Crippen molar-refractivity contribution < 1.29 is 14.3 Å². The van der Waals surface area contributed by atoms with Crippen LogP contribution < -0.4 is 10.5 Å². The quantitative estimate of drug-likeness (QED) is 0.0272. The van der Waals surface area contributed by atoms with E-state index in [2.05, 4.69) is 13.8 Å². The van der Waals surface area contributed by atoms with Crippen LogP contribution in [0.25, 0.3) is 10.8 Å². The van der Waals surface area contributed by atoms with Gasteiger partial charge in [0.25, 0.3) is 5.91 Å². The first-order valence-electron chi connectivity index (χ1n) is 24.9. The highest BCUT2D eigenvalue weighted by molar-refractivity contribution is 6.09. The first kappa shape index (κ1) is 50.0. The van der Waals surface area contributed by atoms with Crippen LogP contribution in [0, 0.1) is 0 Å². The number of unbranched alkanes of at least 4 members (excludes halogenated alkanes) is 30. The van der Waals surface area contributed by atoms with Crippen LogP contribution in [0.1, 0.15) is 240 Å². The summed E-state index contributed by atoms with van der Waals surface area (Å²) in [6.45, 7) is 5.98. The second-order valence-electron chi connectivity index (χ2n) is 17.5. The molecule has 0 bridgehead atoms. The molecule has 3 aromatic carbocycles. The SMILES string of the molecule is CCCCCCCCCCCCCCCCCCN(CCCCCCCCCCCCCCCCCC)C(=O)c1cc(N)c2ccccc2c1OC(=O)c1ccccc1. The molecule has 3 aromatic rings. The standard InChI is InChI=1S/C54H86N2O3/c1-3-5-7-9-11-13-15-17-19-21-23-25-27-29-31-38-44-56(45-39-32-30-28-26-24-22-20-18-16-14-12-10-8-6-4-2)53(57)50-46-51(55)48-42-36-37-43-49(48)52(50)59-54(58)47-40-34-33-35-41-47/h33-37,40-43,46H,3-32,38-39,44-45,55H2,1-2H3. The van der Waals surface area contributed by atoms with E-state index in [1.54, 1.807) is 18.2 Å². The summed E-state index contributed by atoms with van der Waals surface area (Å²) in [6, 6.07) is 18.4. The Morgan fingerprint density at radius 3 is 1.19 bits per heavy atom. The number of ether oxygens (including phenoxy) is 1. The van der Waals surface area contributed by atoms with E-state index in [1.807, 2.05) is 47.4 Å². The molecule has 0 saturated carbocycles. The number of nitrogens with zero attached hydrogens (tertiary/aromatic N) is 1. The van der Waals surface area contributed by atoms with Gasteiger partial charge in [0.2, 0.25) is 0 Å². The van der Waals surface area contributed by atoms with Crippen LogP contribution in [0.4, 0.5) is 5.69 Å². The molecule has 0 aliphatic heterocycles. The molecule has 0 radical (unpaired) electrons. The van der Waals surface area contributed by atoms with Gasteiger partial charge >= 0.3 is 5.97 Å². The molecule has 2 N–H and O–H groups in total. The summed E-state index contributed by atoms with van der Waals surface area (Å²) in [4.78, 5) is 29.9. The van der Waals surface area contributed by atoms with Gasteiger partial charge in [0.15, 0.2) is 5.75 Å². The Morgan fingerprint density at radius 2 is 0.797 bits per heavy atom. The van der Waals surface area contributed by atoms with Gasteiger partial charge in [0.1, 0.15) is 0 Å². The van der Waals surface area contributed by atoms with E-state index < -0.39 is 5.97 Å². The summed E-state index contributed by atoms with van der Waals surface area (Å²) in [5.74, 6) is -0.269. The highest BCUT2D eigenvalue weighted by Gasteiger charge is 2.25. The molecule has 5 heteroatoms. The number of amides is 1. The highest BCUT2D eigenvalue weighted by atomic mass is 16.5. The molecule has 330 valence electrons. The van der Waals surface area contributed by atoms with Crippen LogP contribution in [0.15, 0.2) is 60.7 Å². The molecule has 59 heavy (non-hydrogen) atoms. The lowest BCUT2D eigenvalue weighted by Crippen LogP contribution is -2.33. The average molecular weight is 811 g/mol. The Bertz CT molecular complexity index is 1470. The second kappa shape index (κ2) is 33.4. The average Bonchev–Trinajstić information content (AvgIpc) is 3.26. The molecule has 3 rings (SSSR count). The molecule has 0 aromatic heterocycles. The van der Waals surface area contributed by atoms with Gasteiger partial charge in [-0.2, -0.15) is 0 Å². The fraction of sp³-hybridized carbons (Fsp3) is 0.667. The molecule has 0 atom stereocenters. The van der Waals surface area contributed by atoms with Crippen molar-refractivity contribution in [2.24, 2.45) is 0 Å². The number of benzene rings is 3. The topological polar surface area (TPSA) is 72.6 Å². The third kappa shape index (κ3) is 21.7. The minimum atomic E-state index is -0.475. The predicted molar refractivity (Wildman–Crippen MR) is 255 cm³/mol. The van der Waals surface area contributed by atoms with E-state index in [1.165, 1.54) is 180 Å². The Balaban J connectivity index is 1.48. The zero-order chi connectivity index (χ0) is 42.0. The summed E-state index contributed by atoms with van der Waals surface area (Å²) >= 11 is 0. The number of nitrogens with two attached hydrogens (primary N) is 1. The van der Waals surface area contributed by atoms with Crippen molar-refractivity contribution in [3.05, 3.63) is 71.8 Å². The van der Waals surface area contributed by atoms with Crippen LogP contribution in [-0.2, 0) is 0 Å². The molecular weight excluding hydrogens is 725 g/mol. The van der Waals surface area contributed by atoms with E-state index in [9.17, 15) is 9.59 Å². The zero-order valence-electron chi connectivity index (χ0n) is 38.1. The normalized spacial score (nSPS) is 11.4. The third-order valence-corrected chi connectivity index (χ3v) is 12.3. The van der Waals surface area contributed by atoms with Crippen LogP contribution in [0.3, 0.4) is 0 Å². The van der Waals surface area contributed by atoms with Gasteiger partial charge in [-0.1, -0.05) is 249 Å². The number of esters is 1. The maximum atomic E-state index is 14.5. The maximum Gasteiger partial charge on any atom is 0.343 e. The highest BCUT2D eigenvalue weighted by Crippen LogP contribution is 2.36. The first-order valence-corrected chi connectivity index (χ1v) is 24.9. The Labute approximate surface area is 362 Å². The number of fused-ring (bicyclic) bond motifs is 1. The summed E-state index contributed by atoms with van der Waals surface area (Å²) in [5, 5.41) is 1.46. The Hall–Kier alpha value is -3.34. The predicted octanol–water partition coefficient (Wildman–Crippen LogP) is 16.6. The molecule has 0 fully saturated rings. The number of hydrogen-bond acceptors (Lipinski definition) is 4. The molecule has 1 amide bonds. The minimum Gasteiger partial charge on any atom is -0.421 e. The molecule has 0 aliphatic rings. The number of hydrogen-bond donors (Lipinski definition) is 1. The Morgan fingerprint density at radius 1 is 0.458 bits per heavy atom. The number of rotatable bonds is 37. The lowest BCUT2D eigenvalue weighted by atomic mass is 10.0. The van der Waals surface area contributed by atoms with Gasteiger partial charge in [-0.25, -0.2) is 4.79 Å². The van der Waals surface area contributed by atoms with Crippen molar-refractivity contribution in [3.63, 3.8) is 0 Å². The third-order valence-electron chi connectivity index (χ3n) is 12.3. The number of carbonyl (C=O) groups is 2. The van der Waals surface area contributed by atoms with E-state index in [0.717, 1.165) is 31.1 Å². The van der Waals surface area contributed by atoms with Gasteiger partial charge < -0.3 is 15.4 Å². The zero-order valence-corrected chi connectivity index (χ0v) is 38.1. The lowest BCUT2D eigenvalue weighted by Gasteiger charge is -2.25. The fourth-order valence-corrected chi connectivity index (χ4v) is 8.56. The number of carbonyl (C=O) groups excluding carboxylic acids is 2. The van der Waals surface area contributed by atoms with E-state index in [-0.39, 0.29) is 5.91 Å². The van der Waals surface area contributed by atoms with Crippen molar-refractivity contribution in [2.75, 3.05) is 18.8 Å². The van der Waals surface area contributed by atoms with E-state index in [0.29, 0.717) is 41.0 Å². The van der Waals surface area contributed by atoms with Crippen molar-refractivity contribution in [2.45, 2.75) is 219 Å². The fourth-order valence-electron chi connectivity index (χ4n) is 8.56. The van der Waals surface area contributed by atoms with Crippen molar-refractivity contribution >= 4 is 28.3 Å². The van der Waals surface area contributed by atoms with Gasteiger partial charge in [-0.15, -0.1) is 0 Å². The molecule has 0 unspecified atom stereocenters. The van der Waals surface area contributed by atoms with Crippen LogP contribution in [-0.4, -0.2) is 29.9 Å². The van der Waals surface area contributed by atoms with Crippen LogP contribution in [0.2, 0.25) is 0 Å². The molecule has 0 spiro atoms. The molecule has 0 heterocycles. The van der Waals surface area contributed by atoms with Gasteiger partial charge in [0.05, 0.1) is 11.1 Å². The van der Waals surface area contributed by atoms with E-state index in [4.69, 9.17) is 10.5 Å².